The van der Waals surface area contributed by atoms with Gasteiger partial charge in [-0.3, -0.25) is 0 Å². The zero-order chi connectivity index (χ0) is 21.8. The summed E-state index contributed by atoms with van der Waals surface area (Å²) in [6, 6.07) is 8.15. The second-order valence-electron chi connectivity index (χ2n) is 8.08. The molecule has 6 heteroatoms. The van der Waals surface area contributed by atoms with E-state index in [0.717, 1.165) is 25.9 Å². The highest BCUT2D eigenvalue weighted by Gasteiger charge is 2.04. The van der Waals surface area contributed by atoms with Crippen LogP contribution < -0.4 is 0 Å². The van der Waals surface area contributed by atoms with E-state index in [1.807, 2.05) is 55.4 Å². The Hall–Kier alpha value is -1.86. The third-order valence-corrected chi connectivity index (χ3v) is 2.00. The minimum Gasteiger partial charge on any atom is -0.229 e. The third kappa shape index (κ3) is 45.4. The summed E-state index contributed by atoms with van der Waals surface area (Å²) < 4.78 is 0. The predicted octanol–water partition coefficient (Wildman–Crippen LogP) is 5.94. The van der Waals surface area contributed by atoms with Crippen molar-refractivity contribution in [1.82, 2.24) is 0 Å². The van der Waals surface area contributed by atoms with Gasteiger partial charge in [-0.2, -0.15) is 0 Å². The van der Waals surface area contributed by atoms with Gasteiger partial charge in [-0.15, -0.1) is 0 Å². The Morgan fingerprint density at radius 3 is 1.44 bits per heavy atom. The number of rotatable bonds is 5. The fourth-order valence-corrected chi connectivity index (χ4v) is 0.874. The summed E-state index contributed by atoms with van der Waals surface area (Å²) in [5.41, 5.74) is -0.0738. The van der Waals surface area contributed by atoms with Gasteiger partial charge in [0.1, 0.15) is 0 Å². The minimum atomic E-state index is -0.0433. The zero-order valence-electron chi connectivity index (χ0n) is 19.6. The Kier molecular flexibility index (Phi) is 20.9. The van der Waals surface area contributed by atoms with Gasteiger partial charge in [-0.05, 0) is 68.2 Å². The van der Waals surface area contributed by atoms with Crippen molar-refractivity contribution in [2.45, 2.75) is 99.2 Å². The van der Waals surface area contributed by atoms with Crippen molar-refractivity contribution in [3.8, 4) is 0 Å². The second kappa shape index (κ2) is 18.9. The van der Waals surface area contributed by atoms with Crippen molar-refractivity contribution >= 4 is 18.0 Å². The first kappa shape index (κ1) is 29.9. The molecule has 27 heavy (non-hydrogen) atoms. The normalized spacial score (nSPS) is 9.78. The Bertz CT molecular complexity index is 514. The number of hydrogen-bond donors (Lipinski definition) is 0. The van der Waals surface area contributed by atoms with E-state index in [1.54, 1.807) is 7.05 Å². The van der Waals surface area contributed by atoms with Crippen LogP contribution in [0.25, 0.3) is 0 Å². The molecule has 0 aliphatic rings. The van der Waals surface area contributed by atoms with Crippen LogP contribution >= 0.6 is 0 Å². The summed E-state index contributed by atoms with van der Waals surface area (Å²) in [5, 5.41) is 0. The molecule has 0 rings (SSSR count). The molecule has 0 aromatic rings. The predicted molar refractivity (Wildman–Crippen MR) is 120 cm³/mol. The Balaban J connectivity index is -0.000000326. The third-order valence-electron chi connectivity index (χ3n) is 2.00. The van der Waals surface area contributed by atoms with E-state index in [4.69, 9.17) is 0 Å². The van der Waals surface area contributed by atoms with Crippen molar-refractivity contribution in [1.29, 1.82) is 0 Å². The lowest BCUT2D eigenvalue weighted by Crippen LogP contribution is -2.08. The molecular formula is C21H42N6. The molecule has 0 heterocycles. The molecule has 156 valence electrons. The maximum atomic E-state index is 4.08. The van der Waals surface area contributed by atoms with Gasteiger partial charge in [0.05, 0.1) is 35.1 Å². The SMILES string of the molecule is CC(C)N=C=NC(C)(C)C.CCCN=C=NC.CCCN=C=NC(C)(C)C. The van der Waals surface area contributed by atoms with Crippen LogP contribution in [0.3, 0.4) is 0 Å². The van der Waals surface area contributed by atoms with Crippen LogP contribution in [-0.4, -0.2) is 55.3 Å². The van der Waals surface area contributed by atoms with E-state index >= 15 is 0 Å². The molecule has 0 aliphatic heterocycles. The van der Waals surface area contributed by atoms with Crippen molar-refractivity contribution in [3.05, 3.63) is 0 Å². The summed E-state index contributed by atoms with van der Waals surface area (Å²) in [6.07, 6.45) is 2.13. The second-order valence-corrected chi connectivity index (χ2v) is 8.08. The number of hydrogen-bond acceptors (Lipinski definition) is 6. The maximum absolute atomic E-state index is 4.08. The fourth-order valence-electron chi connectivity index (χ4n) is 0.874. The molecule has 6 nitrogen and oxygen atoms in total. The highest BCUT2D eigenvalue weighted by atomic mass is 14.9. The fraction of sp³-hybridized carbons (Fsp3) is 0.857. The van der Waals surface area contributed by atoms with Crippen LogP contribution in [0.5, 0.6) is 0 Å². The summed E-state index contributed by atoms with van der Waals surface area (Å²) in [5.74, 6) is 0. The molecule has 0 aliphatic carbocycles. The minimum absolute atomic E-state index is 0.0305. The van der Waals surface area contributed by atoms with Crippen LogP contribution in [0.1, 0.15) is 82.1 Å². The van der Waals surface area contributed by atoms with E-state index < -0.39 is 0 Å². The standard InChI is InChI=1S/2C8H16N2.C5H10N2/c1-7(2)9-6-10-8(3,4)5;1-5-6-9-7-10-8(2,3)4;1-3-4-7-5-6-2/h7H,1-5H3;5-6H2,1-4H3;3-4H2,1-2H3. The van der Waals surface area contributed by atoms with Gasteiger partial charge >= 0.3 is 0 Å². The van der Waals surface area contributed by atoms with Gasteiger partial charge in [-0.25, -0.2) is 30.0 Å². The van der Waals surface area contributed by atoms with E-state index in [1.165, 1.54) is 0 Å². The highest BCUT2D eigenvalue weighted by molar-refractivity contribution is 5.42. The van der Waals surface area contributed by atoms with Gasteiger partial charge < -0.3 is 0 Å². The van der Waals surface area contributed by atoms with E-state index in [9.17, 15) is 0 Å². The van der Waals surface area contributed by atoms with E-state index in [0.29, 0.717) is 6.04 Å². The molecule has 0 fully saturated rings. The van der Waals surface area contributed by atoms with Crippen molar-refractivity contribution < 1.29 is 0 Å². The monoisotopic (exact) mass is 378 g/mol. The average Bonchev–Trinajstić information content (AvgIpc) is 2.51. The molecule has 0 amide bonds. The largest absolute Gasteiger partial charge is 0.229 e. The van der Waals surface area contributed by atoms with E-state index in [-0.39, 0.29) is 11.1 Å². The Morgan fingerprint density at radius 2 is 1.11 bits per heavy atom. The van der Waals surface area contributed by atoms with Gasteiger partial charge in [0.25, 0.3) is 0 Å². The van der Waals surface area contributed by atoms with Crippen LogP contribution in [0.4, 0.5) is 0 Å². The number of aliphatic imine (C=N–C) groups is 6. The molecule has 0 aromatic heterocycles. The van der Waals surface area contributed by atoms with Crippen molar-refractivity contribution in [3.63, 3.8) is 0 Å². The molecule has 0 unspecified atom stereocenters. The molecule has 0 radical (unpaired) electrons. The molecule has 0 saturated carbocycles. The molecule has 0 N–H and O–H groups in total. The lowest BCUT2D eigenvalue weighted by molar-refractivity contribution is 0.586. The summed E-state index contributed by atoms with van der Waals surface area (Å²) in [7, 11) is 1.67. The lowest BCUT2D eigenvalue weighted by atomic mass is 10.1. The first-order valence-corrected chi connectivity index (χ1v) is 9.70. The van der Waals surface area contributed by atoms with Gasteiger partial charge in [-0.1, -0.05) is 13.8 Å². The number of nitrogens with zero attached hydrogens (tertiary/aromatic N) is 6. The molecule has 0 spiro atoms. The smallest absolute Gasteiger partial charge is 0.0900 e. The molecule has 0 saturated heterocycles. The first-order chi connectivity index (χ1) is 12.4. The summed E-state index contributed by atoms with van der Waals surface area (Å²) in [6.45, 7) is 22.0. The Morgan fingerprint density at radius 1 is 0.704 bits per heavy atom. The highest BCUT2D eigenvalue weighted by Crippen LogP contribution is 2.04. The van der Waals surface area contributed by atoms with Crippen LogP contribution in [-0.2, 0) is 0 Å². The Labute approximate surface area is 167 Å². The zero-order valence-corrected chi connectivity index (χ0v) is 19.6. The van der Waals surface area contributed by atoms with E-state index in [2.05, 4.69) is 61.8 Å². The van der Waals surface area contributed by atoms with Crippen molar-refractivity contribution in [2.24, 2.45) is 30.0 Å². The van der Waals surface area contributed by atoms with Crippen LogP contribution in [0, 0.1) is 0 Å². The summed E-state index contributed by atoms with van der Waals surface area (Å²) in [4.78, 5) is 23.5. The molecule has 0 bridgehead atoms. The van der Waals surface area contributed by atoms with Gasteiger partial charge in [0.15, 0.2) is 0 Å². The van der Waals surface area contributed by atoms with Gasteiger partial charge in [0, 0.05) is 20.1 Å². The first-order valence-electron chi connectivity index (χ1n) is 9.70. The van der Waals surface area contributed by atoms with Crippen LogP contribution in [0.15, 0.2) is 30.0 Å². The molecule has 0 atom stereocenters. The van der Waals surface area contributed by atoms with Gasteiger partial charge in [0.2, 0.25) is 0 Å². The quantitative estimate of drug-likeness (QED) is 0.531. The lowest BCUT2D eigenvalue weighted by Gasteiger charge is -2.06. The van der Waals surface area contributed by atoms with Crippen LogP contribution in [0.2, 0.25) is 0 Å². The molecular weight excluding hydrogens is 336 g/mol. The van der Waals surface area contributed by atoms with Crippen molar-refractivity contribution in [2.75, 3.05) is 20.1 Å². The molecule has 0 aromatic carbocycles. The topological polar surface area (TPSA) is 74.2 Å². The maximum Gasteiger partial charge on any atom is 0.0900 e. The summed E-state index contributed by atoms with van der Waals surface area (Å²) >= 11 is 0. The average molecular weight is 379 g/mol.